The molecule has 0 saturated carbocycles. The maximum atomic E-state index is 12.2. The zero-order chi connectivity index (χ0) is 13.7. The first-order chi connectivity index (χ1) is 8.54. The molecule has 1 heterocycles. The zero-order valence-electron chi connectivity index (χ0n) is 12.6. The largest absolute Gasteiger partial charge is 0.325 e. The Bertz CT molecular complexity index is 270. The molecular weight excluding hydrogens is 226 g/mol. The van der Waals surface area contributed by atoms with Crippen molar-refractivity contribution in [2.45, 2.75) is 65.2 Å². The van der Waals surface area contributed by atoms with E-state index in [2.05, 4.69) is 45.0 Å². The zero-order valence-corrected chi connectivity index (χ0v) is 12.6. The third-order valence-electron chi connectivity index (χ3n) is 4.18. The number of hydrogen-bond donors (Lipinski definition) is 1. The molecule has 4 nitrogen and oxygen atoms in total. The fourth-order valence-electron chi connectivity index (χ4n) is 2.44. The van der Waals surface area contributed by atoms with E-state index in [9.17, 15) is 4.79 Å². The van der Waals surface area contributed by atoms with Crippen LogP contribution >= 0.6 is 0 Å². The van der Waals surface area contributed by atoms with Crippen LogP contribution in [0, 0.1) is 0 Å². The van der Waals surface area contributed by atoms with E-state index >= 15 is 0 Å². The SMILES string of the molecule is CCC1NC(CC)N(CCN(C)C(C)CC)C1=O. The average Bonchev–Trinajstić information content (AvgIpc) is 2.70. The lowest BCUT2D eigenvalue weighted by atomic mass is 10.2. The van der Waals surface area contributed by atoms with Gasteiger partial charge in [-0.05, 0) is 33.2 Å². The monoisotopic (exact) mass is 255 g/mol. The summed E-state index contributed by atoms with van der Waals surface area (Å²) in [5.74, 6) is 0.280. The molecule has 3 atom stereocenters. The highest BCUT2D eigenvalue weighted by Gasteiger charge is 2.36. The van der Waals surface area contributed by atoms with Gasteiger partial charge in [-0.3, -0.25) is 10.1 Å². The van der Waals surface area contributed by atoms with Crippen LogP contribution in [0.15, 0.2) is 0 Å². The van der Waals surface area contributed by atoms with Gasteiger partial charge in [-0.2, -0.15) is 0 Å². The van der Waals surface area contributed by atoms with Crippen LogP contribution in [0.3, 0.4) is 0 Å². The predicted octanol–water partition coefficient (Wildman–Crippen LogP) is 1.66. The first-order valence-electron chi connectivity index (χ1n) is 7.31. The average molecular weight is 255 g/mol. The highest BCUT2D eigenvalue weighted by atomic mass is 16.2. The molecule has 0 aromatic rings. The molecule has 1 amide bonds. The second kappa shape index (κ2) is 7.10. The van der Waals surface area contributed by atoms with E-state index in [0.29, 0.717) is 6.04 Å². The standard InChI is InChI=1S/C14H29N3O/c1-6-11(4)16(5)9-10-17-13(8-3)15-12(7-2)14(17)18/h11-13,15H,6-10H2,1-5H3. The first-order valence-corrected chi connectivity index (χ1v) is 7.31. The van der Waals surface area contributed by atoms with Crippen LogP contribution in [0.2, 0.25) is 0 Å². The number of rotatable bonds is 7. The number of nitrogens with one attached hydrogen (secondary N) is 1. The summed E-state index contributed by atoms with van der Waals surface area (Å²) in [5.41, 5.74) is 0. The highest BCUT2D eigenvalue weighted by molar-refractivity contribution is 5.84. The van der Waals surface area contributed by atoms with Crippen molar-refractivity contribution < 1.29 is 4.79 Å². The molecular formula is C14H29N3O. The molecule has 0 spiro atoms. The molecule has 1 rings (SSSR count). The van der Waals surface area contributed by atoms with E-state index in [1.54, 1.807) is 0 Å². The maximum absolute atomic E-state index is 12.2. The van der Waals surface area contributed by atoms with E-state index in [1.165, 1.54) is 0 Å². The molecule has 0 aliphatic carbocycles. The second-order valence-electron chi connectivity index (χ2n) is 5.32. The number of carbonyl (C=O) groups is 1. The minimum absolute atomic E-state index is 0.0313. The molecule has 0 radical (unpaired) electrons. The van der Waals surface area contributed by atoms with Crippen molar-refractivity contribution in [3.8, 4) is 0 Å². The summed E-state index contributed by atoms with van der Waals surface area (Å²) in [6, 6.07) is 0.613. The lowest BCUT2D eigenvalue weighted by molar-refractivity contribution is -0.130. The van der Waals surface area contributed by atoms with Crippen molar-refractivity contribution in [2.75, 3.05) is 20.1 Å². The van der Waals surface area contributed by atoms with Gasteiger partial charge in [0.1, 0.15) is 0 Å². The van der Waals surface area contributed by atoms with Gasteiger partial charge in [-0.25, -0.2) is 0 Å². The Morgan fingerprint density at radius 2 is 2.00 bits per heavy atom. The normalized spacial score (nSPS) is 26.1. The minimum atomic E-state index is 0.0313. The van der Waals surface area contributed by atoms with Crippen LogP contribution in [0.25, 0.3) is 0 Å². The minimum Gasteiger partial charge on any atom is -0.325 e. The summed E-state index contributed by atoms with van der Waals surface area (Å²) in [5, 5.41) is 3.41. The topological polar surface area (TPSA) is 35.6 Å². The number of hydrogen-bond acceptors (Lipinski definition) is 3. The Balaban J connectivity index is 2.51. The fourth-order valence-corrected chi connectivity index (χ4v) is 2.44. The number of likely N-dealkylation sites (N-methyl/N-ethyl adjacent to an activating group) is 1. The molecule has 1 saturated heterocycles. The van der Waals surface area contributed by atoms with Crippen LogP contribution in [0.1, 0.15) is 47.0 Å². The van der Waals surface area contributed by atoms with E-state index < -0.39 is 0 Å². The molecule has 3 unspecified atom stereocenters. The van der Waals surface area contributed by atoms with Gasteiger partial charge in [0.05, 0.1) is 12.2 Å². The predicted molar refractivity (Wildman–Crippen MR) is 75.4 cm³/mol. The van der Waals surface area contributed by atoms with Gasteiger partial charge >= 0.3 is 0 Å². The third-order valence-corrected chi connectivity index (χ3v) is 4.18. The smallest absolute Gasteiger partial charge is 0.241 e. The van der Waals surface area contributed by atoms with Crippen molar-refractivity contribution in [1.29, 1.82) is 0 Å². The molecule has 18 heavy (non-hydrogen) atoms. The van der Waals surface area contributed by atoms with Crippen LogP contribution in [-0.2, 0) is 4.79 Å². The summed E-state index contributed by atoms with van der Waals surface area (Å²) in [4.78, 5) is 16.6. The third kappa shape index (κ3) is 3.45. The van der Waals surface area contributed by atoms with E-state index in [0.717, 1.165) is 32.4 Å². The molecule has 1 aliphatic rings. The highest BCUT2D eigenvalue weighted by Crippen LogP contribution is 2.15. The Morgan fingerprint density at radius 3 is 2.50 bits per heavy atom. The Hall–Kier alpha value is -0.610. The molecule has 0 bridgehead atoms. The van der Waals surface area contributed by atoms with Gasteiger partial charge in [-0.15, -0.1) is 0 Å². The Kier molecular flexibility index (Phi) is 6.09. The lowest BCUT2D eigenvalue weighted by Gasteiger charge is -2.28. The van der Waals surface area contributed by atoms with Gasteiger partial charge in [0, 0.05) is 19.1 Å². The van der Waals surface area contributed by atoms with Gasteiger partial charge in [0.2, 0.25) is 5.91 Å². The van der Waals surface area contributed by atoms with Crippen LogP contribution < -0.4 is 5.32 Å². The van der Waals surface area contributed by atoms with Crippen molar-refractivity contribution >= 4 is 5.91 Å². The lowest BCUT2D eigenvalue weighted by Crippen LogP contribution is -2.43. The van der Waals surface area contributed by atoms with Crippen LogP contribution in [0.4, 0.5) is 0 Å². The van der Waals surface area contributed by atoms with Gasteiger partial charge in [-0.1, -0.05) is 20.8 Å². The molecule has 1 N–H and O–H groups in total. The molecule has 0 aromatic carbocycles. The molecule has 4 heteroatoms. The van der Waals surface area contributed by atoms with Gasteiger partial charge < -0.3 is 9.80 Å². The number of carbonyl (C=O) groups excluding carboxylic acids is 1. The Labute approximate surface area is 112 Å². The molecule has 1 aliphatic heterocycles. The quantitative estimate of drug-likeness (QED) is 0.751. The summed E-state index contributed by atoms with van der Waals surface area (Å²) in [6.45, 7) is 10.4. The molecule has 0 aromatic heterocycles. The van der Waals surface area contributed by atoms with Gasteiger partial charge in [0.25, 0.3) is 0 Å². The van der Waals surface area contributed by atoms with Gasteiger partial charge in [0.15, 0.2) is 0 Å². The molecule has 1 fully saturated rings. The summed E-state index contributed by atoms with van der Waals surface area (Å²) in [7, 11) is 2.14. The second-order valence-corrected chi connectivity index (χ2v) is 5.32. The fraction of sp³-hybridized carbons (Fsp3) is 0.929. The number of nitrogens with zero attached hydrogens (tertiary/aromatic N) is 2. The van der Waals surface area contributed by atoms with Crippen molar-refractivity contribution in [3.05, 3.63) is 0 Å². The Morgan fingerprint density at radius 1 is 1.33 bits per heavy atom. The summed E-state index contributed by atoms with van der Waals surface area (Å²) in [6.07, 6.45) is 3.24. The first kappa shape index (κ1) is 15.4. The van der Waals surface area contributed by atoms with Crippen molar-refractivity contribution in [3.63, 3.8) is 0 Å². The summed E-state index contributed by atoms with van der Waals surface area (Å²) >= 11 is 0. The van der Waals surface area contributed by atoms with E-state index in [-0.39, 0.29) is 18.1 Å². The van der Waals surface area contributed by atoms with E-state index in [4.69, 9.17) is 0 Å². The molecule has 106 valence electrons. The van der Waals surface area contributed by atoms with Crippen LogP contribution in [-0.4, -0.2) is 54.1 Å². The van der Waals surface area contributed by atoms with Crippen molar-refractivity contribution in [2.24, 2.45) is 0 Å². The van der Waals surface area contributed by atoms with Crippen LogP contribution in [0.5, 0.6) is 0 Å². The van der Waals surface area contributed by atoms with E-state index in [1.807, 2.05) is 4.90 Å². The summed E-state index contributed by atoms with van der Waals surface area (Å²) < 4.78 is 0. The number of amides is 1. The van der Waals surface area contributed by atoms with Crippen molar-refractivity contribution in [1.82, 2.24) is 15.1 Å². The maximum Gasteiger partial charge on any atom is 0.241 e.